The smallest absolute Gasteiger partial charge is 0.214 e. The number of methoxy groups -OCH3 is 1. The van der Waals surface area contributed by atoms with Crippen molar-refractivity contribution in [3.63, 3.8) is 0 Å². The van der Waals surface area contributed by atoms with Gasteiger partial charge in [-0.1, -0.05) is 11.8 Å². The molecule has 27 heavy (non-hydrogen) atoms. The van der Waals surface area contributed by atoms with Crippen molar-refractivity contribution < 1.29 is 19.0 Å². The highest BCUT2D eigenvalue weighted by molar-refractivity contribution is 7.99. The van der Waals surface area contributed by atoms with Crippen molar-refractivity contribution in [1.82, 2.24) is 20.2 Å². The minimum atomic E-state index is -0.0145. The fraction of sp³-hybridized carbons (Fsp3) is 0.222. The fourth-order valence-corrected chi connectivity index (χ4v) is 3.37. The van der Waals surface area contributed by atoms with Crippen molar-refractivity contribution in [3.05, 3.63) is 48.0 Å². The first-order valence-corrected chi connectivity index (χ1v) is 9.21. The van der Waals surface area contributed by atoms with Crippen molar-refractivity contribution in [1.29, 1.82) is 0 Å². The third-order valence-electron chi connectivity index (χ3n) is 3.96. The molecular formula is C18H16N4O4S. The van der Waals surface area contributed by atoms with Crippen LogP contribution in [0.5, 0.6) is 17.2 Å². The molecule has 0 amide bonds. The summed E-state index contributed by atoms with van der Waals surface area (Å²) in [7, 11) is 1.59. The van der Waals surface area contributed by atoms with E-state index < -0.39 is 0 Å². The van der Waals surface area contributed by atoms with E-state index in [9.17, 15) is 4.79 Å². The quantitative estimate of drug-likeness (QED) is 0.473. The summed E-state index contributed by atoms with van der Waals surface area (Å²) in [5.41, 5.74) is 1.35. The number of fused-ring (bicyclic) bond motifs is 1. The molecule has 0 saturated carbocycles. The average molecular weight is 384 g/mol. The number of nitrogens with zero attached hydrogens (tertiary/aromatic N) is 4. The van der Waals surface area contributed by atoms with Gasteiger partial charge in [-0.25, -0.2) is 0 Å². The Morgan fingerprint density at radius 3 is 2.70 bits per heavy atom. The summed E-state index contributed by atoms with van der Waals surface area (Å²) < 4.78 is 17.8. The Kier molecular flexibility index (Phi) is 4.93. The van der Waals surface area contributed by atoms with E-state index >= 15 is 0 Å². The molecule has 1 aliphatic rings. The van der Waals surface area contributed by atoms with Crippen molar-refractivity contribution in [2.24, 2.45) is 0 Å². The Morgan fingerprint density at radius 1 is 1.15 bits per heavy atom. The van der Waals surface area contributed by atoms with Crippen LogP contribution < -0.4 is 14.2 Å². The minimum absolute atomic E-state index is 0.0145. The maximum absolute atomic E-state index is 12.4. The highest BCUT2D eigenvalue weighted by Gasteiger charge is 2.16. The van der Waals surface area contributed by atoms with Gasteiger partial charge in [0, 0.05) is 11.6 Å². The standard InChI is InChI=1S/C18H16N4O4S/c1-24-14-5-2-12(3-6-14)15(23)11-27-18-19-20-21-22(18)13-4-7-16-17(10-13)26-9-8-25-16/h2-7,10H,8-9,11H2,1H3. The summed E-state index contributed by atoms with van der Waals surface area (Å²) >= 11 is 1.27. The predicted octanol–water partition coefficient (Wildman–Crippen LogP) is 2.42. The number of rotatable bonds is 6. The van der Waals surface area contributed by atoms with Crippen molar-refractivity contribution in [2.75, 3.05) is 26.1 Å². The first-order valence-electron chi connectivity index (χ1n) is 8.23. The SMILES string of the molecule is COc1ccc(C(=O)CSc2nnnn2-c2ccc3c(c2)OCCO3)cc1. The van der Waals surface area contributed by atoms with E-state index in [2.05, 4.69) is 15.5 Å². The van der Waals surface area contributed by atoms with Crippen LogP contribution in [0.1, 0.15) is 10.4 Å². The van der Waals surface area contributed by atoms with Gasteiger partial charge in [-0.2, -0.15) is 4.68 Å². The molecular weight excluding hydrogens is 368 g/mol. The highest BCUT2D eigenvalue weighted by Crippen LogP contribution is 2.32. The molecule has 0 spiro atoms. The van der Waals surface area contributed by atoms with Crippen LogP contribution in [0.25, 0.3) is 5.69 Å². The van der Waals surface area contributed by atoms with Gasteiger partial charge in [0.05, 0.1) is 18.6 Å². The lowest BCUT2D eigenvalue weighted by Gasteiger charge is -2.18. The number of aromatic nitrogens is 4. The summed E-state index contributed by atoms with van der Waals surface area (Å²) in [6.45, 7) is 1.04. The van der Waals surface area contributed by atoms with E-state index in [0.717, 1.165) is 5.69 Å². The number of ether oxygens (including phenoxy) is 3. The van der Waals surface area contributed by atoms with Crippen LogP contribution in [-0.4, -0.2) is 52.1 Å². The van der Waals surface area contributed by atoms with Crippen LogP contribution in [0.4, 0.5) is 0 Å². The van der Waals surface area contributed by atoms with E-state index in [1.165, 1.54) is 11.8 Å². The van der Waals surface area contributed by atoms with E-state index in [-0.39, 0.29) is 11.5 Å². The predicted molar refractivity (Wildman–Crippen MR) is 98.2 cm³/mol. The molecule has 0 fully saturated rings. The van der Waals surface area contributed by atoms with Gasteiger partial charge in [-0.15, -0.1) is 5.10 Å². The Balaban J connectivity index is 1.48. The first kappa shape index (κ1) is 17.3. The number of Topliss-reactive ketones (excluding diaryl/α,β-unsaturated/α-hetero) is 1. The Bertz CT molecular complexity index is 958. The Hall–Kier alpha value is -3.07. The highest BCUT2D eigenvalue weighted by atomic mass is 32.2. The molecule has 138 valence electrons. The molecule has 0 N–H and O–H groups in total. The van der Waals surface area contributed by atoms with Crippen molar-refractivity contribution in [2.45, 2.75) is 5.16 Å². The van der Waals surface area contributed by atoms with Gasteiger partial charge in [0.15, 0.2) is 17.3 Å². The van der Waals surface area contributed by atoms with Crippen molar-refractivity contribution >= 4 is 17.5 Å². The zero-order chi connectivity index (χ0) is 18.6. The maximum atomic E-state index is 12.4. The van der Waals surface area contributed by atoms with Gasteiger partial charge in [-0.3, -0.25) is 4.79 Å². The zero-order valence-electron chi connectivity index (χ0n) is 14.5. The second kappa shape index (κ2) is 7.67. The topological polar surface area (TPSA) is 88.4 Å². The normalized spacial score (nSPS) is 12.6. The molecule has 0 saturated heterocycles. The molecule has 0 aliphatic carbocycles. The number of thioether (sulfide) groups is 1. The van der Waals surface area contributed by atoms with E-state index in [0.29, 0.717) is 41.2 Å². The van der Waals surface area contributed by atoms with Gasteiger partial charge < -0.3 is 14.2 Å². The fourth-order valence-electron chi connectivity index (χ4n) is 2.59. The summed E-state index contributed by atoms with van der Waals surface area (Å²) in [6.07, 6.45) is 0. The molecule has 9 heteroatoms. The summed E-state index contributed by atoms with van der Waals surface area (Å²) in [5, 5.41) is 12.3. The minimum Gasteiger partial charge on any atom is -0.497 e. The third-order valence-corrected chi connectivity index (χ3v) is 4.87. The molecule has 0 bridgehead atoms. The lowest BCUT2D eigenvalue weighted by molar-refractivity contribution is 0.102. The molecule has 2 aromatic carbocycles. The zero-order valence-corrected chi connectivity index (χ0v) is 15.3. The molecule has 8 nitrogen and oxygen atoms in total. The summed E-state index contributed by atoms with van der Waals surface area (Å²) in [4.78, 5) is 12.4. The second-order valence-electron chi connectivity index (χ2n) is 5.64. The third kappa shape index (κ3) is 3.72. The molecule has 4 rings (SSSR count). The molecule has 1 aromatic heterocycles. The van der Waals surface area contributed by atoms with Crippen LogP contribution >= 0.6 is 11.8 Å². The van der Waals surface area contributed by atoms with E-state index in [4.69, 9.17) is 14.2 Å². The first-order chi connectivity index (χ1) is 13.2. The van der Waals surface area contributed by atoms with Crippen LogP contribution in [0, 0.1) is 0 Å². The monoisotopic (exact) mass is 384 g/mol. The number of tetrazole rings is 1. The Morgan fingerprint density at radius 2 is 1.93 bits per heavy atom. The lowest BCUT2D eigenvalue weighted by Crippen LogP contribution is -2.15. The molecule has 2 heterocycles. The van der Waals surface area contributed by atoms with E-state index in [1.54, 1.807) is 36.1 Å². The number of ketones is 1. The van der Waals surface area contributed by atoms with Gasteiger partial charge in [0.1, 0.15) is 19.0 Å². The van der Waals surface area contributed by atoms with Gasteiger partial charge >= 0.3 is 0 Å². The Labute approximate surface area is 159 Å². The van der Waals surface area contributed by atoms with Crippen LogP contribution in [-0.2, 0) is 0 Å². The maximum Gasteiger partial charge on any atom is 0.214 e. The number of benzene rings is 2. The second-order valence-corrected chi connectivity index (χ2v) is 6.58. The van der Waals surface area contributed by atoms with Crippen LogP contribution in [0.3, 0.4) is 0 Å². The molecule has 0 unspecified atom stereocenters. The largest absolute Gasteiger partial charge is 0.497 e. The molecule has 0 atom stereocenters. The average Bonchev–Trinajstić information content (AvgIpc) is 3.20. The lowest BCUT2D eigenvalue weighted by atomic mass is 10.1. The summed E-state index contributed by atoms with van der Waals surface area (Å²) in [5.74, 6) is 2.26. The number of hydrogen-bond acceptors (Lipinski definition) is 8. The van der Waals surface area contributed by atoms with E-state index in [1.807, 2.05) is 18.2 Å². The number of carbonyl (C=O) groups is 1. The van der Waals surface area contributed by atoms with Crippen LogP contribution in [0.2, 0.25) is 0 Å². The molecule has 3 aromatic rings. The molecule has 1 aliphatic heterocycles. The van der Waals surface area contributed by atoms with Gasteiger partial charge in [0.2, 0.25) is 5.16 Å². The van der Waals surface area contributed by atoms with Crippen LogP contribution in [0.15, 0.2) is 47.6 Å². The number of carbonyl (C=O) groups excluding carboxylic acids is 1. The summed E-state index contributed by atoms with van der Waals surface area (Å²) in [6, 6.07) is 12.5. The molecule has 0 radical (unpaired) electrons. The van der Waals surface area contributed by atoms with Crippen molar-refractivity contribution in [3.8, 4) is 22.9 Å². The van der Waals surface area contributed by atoms with Gasteiger partial charge in [-0.05, 0) is 46.8 Å². The van der Waals surface area contributed by atoms with Gasteiger partial charge in [0.25, 0.3) is 0 Å². The number of hydrogen-bond donors (Lipinski definition) is 0.